The topological polar surface area (TPSA) is 65.1 Å². The summed E-state index contributed by atoms with van der Waals surface area (Å²) < 4.78 is 0.664. The number of nitrogens with one attached hydrogen (secondary N) is 2. The first kappa shape index (κ1) is 19.6. The summed E-state index contributed by atoms with van der Waals surface area (Å²) in [4.78, 5) is 17.3. The van der Waals surface area contributed by atoms with Gasteiger partial charge in [0.1, 0.15) is 4.83 Å². The van der Waals surface area contributed by atoms with E-state index in [1.54, 1.807) is 18.3 Å². The normalized spacial score (nSPS) is 10.4. The van der Waals surface area contributed by atoms with Crippen LogP contribution in [0, 0.1) is 16.4 Å². The fourth-order valence-corrected chi connectivity index (χ4v) is 3.89. The molecule has 2 aromatic heterocycles. The van der Waals surface area contributed by atoms with Gasteiger partial charge >= 0.3 is 0 Å². The van der Waals surface area contributed by atoms with Crippen molar-refractivity contribution in [2.75, 3.05) is 6.61 Å². The van der Waals surface area contributed by atoms with E-state index in [1.165, 1.54) is 11.3 Å². The molecule has 7 heteroatoms. The maximum Gasteiger partial charge on any atom is 0.224 e. The van der Waals surface area contributed by atoms with Crippen LogP contribution in [0.2, 0.25) is 5.02 Å². The van der Waals surface area contributed by atoms with Crippen LogP contribution in [-0.4, -0.2) is 22.6 Å². The largest absolute Gasteiger partial charge is 0.395 e. The SMILES string of the molecule is O=C(Cc1c[nH]c2sc(C#CCCO)cc2c1=S)NCc1ccc(Cl)cc1. The van der Waals surface area contributed by atoms with E-state index in [-0.39, 0.29) is 18.9 Å². The molecule has 0 aliphatic rings. The van der Waals surface area contributed by atoms with Crippen molar-refractivity contribution in [2.45, 2.75) is 19.4 Å². The van der Waals surface area contributed by atoms with E-state index in [0.29, 0.717) is 22.5 Å². The molecule has 0 aliphatic heterocycles. The predicted octanol–water partition coefficient (Wildman–Crippen LogP) is 4.21. The van der Waals surface area contributed by atoms with E-state index in [9.17, 15) is 4.79 Å². The lowest BCUT2D eigenvalue weighted by atomic mass is 10.1. The average molecular weight is 417 g/mol. The van der Waals surface area contributed by atoms with E-state index < -0.39 is 0 Å². The molecular weight excluding hydrogens is 400 g/mol. The molecule has 0 saturated heterocycles. The molecule has 138 valence electrons. The first-order valence-corrected chi connectivity index (χ1v) is 9.92. The number of benzene rings is 1. The van der Waals surface area contributed by atoms with E-state index in [0.717, 1.165) is 26.2 Å². The minimum absolute atomic E-state index is 0.0472. The molecule has 2 heterocycles. The molecule has 0 radical (unpaired) electrons. The number of fused-ring (bicyclic) bond motifs is 1. The highest BCUT2D eigenvalue weighted by atomic mass is 35.5. The number of halogens is 1. The number of aliphatic hydroxyl groups excluding tert-OH is 1. The van der Waals surface area contributed by atoms with Gasteiger partial charge in [-0.05, 0) is 29.3 Å². The zero-order valence-electron chi connectivity index (χ0n) is 14.3. The van der Waals surface area contributed by atoms with Crippen LogP contribution >= 0.6 is 35.2 Å². The van der Waals surface area contributed by atoms with Crippen LogP contribution in [0.4, 0.5) is 0 Å². The summed E-state index contributed by atoms with van der Waals surface area (Å²) >= 11 is 12.9. The fraction of sp³-hybridized carbons (Fsp3) is 0.200. The number of H-pyrrole nitrogens is 1. The molecular formula is C20H17ClN2O2S2. The van der Waals surface area contributed by atoms with Crippen LogP contribution in [0.3, 0.4) is 0 Å². The molecule has 0 atom stereocenters. The number of aromatic amines is 1. The smallest absolute Gasteiger partial charge is 0.224 e. The molecule has 3 N–H and O–H groups in total. The number of aliphatic hydroxyl groups is 1. The van der Waals surface area contributed by atoms with Gasteiger partial charge in [0, 0.05) is 29.6 Å². The van der Waals surface area contributed by atoms with Crippen molar-refractivity contribution < 1.29 is 9.90 Å². The van der Waals surface area contributed by atoms with Crippen molar-refractivity contribution >= 4 is 51.3 Å². The number of thiophene rings is 1. The molecule has 1 aromatic carbocycles. The summed E-state index contributed by atoms with van der Waals surface area (Å²) in [5, 5.41) is 13.3. The molecule has 3 rings (SSSR count). The van der Waals surface area contributed by atoms with Crippen LogP contribution in [0.5, 0.6) is 0 Å². The fourth-order valence-electron chi connectivity index (χ4n) is 2.49. The summed E-state index contributed by atoms with van der Waals surface area (Å²) in [5.74, 6) is 5.83. The van der Waals surface area contributed by atoms with Gasteiger partial charge < -0.3 is 15.4 Å². The predicted molar refractivity (Wildman–Crippen MR) is 113 cm³/mol. The minimum Gasteiger partial charge on any atom is -0.395 e. The Bertz CT molecular complexity index is 1080. The molecule has 0 saturated carbocycles. The molecule has 4 nitrogen and oxygen atoms in total. The first-order valence-electron chi connectivity index (χ1n) is 8.32. The van der Waals surface area contributed by atoms with Gasteiger partial charge in [-0.1, -0.05) is 47.8 Å². The van der Waals surface area contributed by atoms with Crippen LogP contribution in [0.1, 0.15) is 22.4 Å². The van der Waals surface area contributed by atoms with Crippen molar-refractivity contribution in [3.05, 3.63) is 62.1 Å². The Labute approximate surface area is 171 Å². The van der Waals surface area contributed by atoms with E-state index in [1.807, 2.05) is 18.2 Å². The number of aromatic nitrogens is 1. The number of carbonyl (C=O) groups is 1. The Kier molecular flexibility index (Phi) is 6.64. The standard InChI is InChI=1S/C20H17ClN2O2S2/c21-15-6-4-13(5-7-15)11-22-18(25)9-14-12-23-20-17(19(14)26)10-16(27-20)3-1-2-8-24/h4-7,10,12,24H,2,8-9,11H2,(H,22,25)(H,23,26). The van der Waals surface area contributed by atoms with Gasteiger partial charge in [-0.15, -0.1) is 11.3 Å². The van der Waals surface area contributed by atoms with Gasteiger partial charge in [0.2, 0.25) is 5.91 Å². The second-order valence-corrected chi connectivity index (χ2v) is 7.75. The number of amides is 1. The second-order valence-electron chi connectivity index (χ2n) is 5.85. The lowest BCUT2D eigenvalue weighted by Crippen LogP contribution is -2.24. The average Bonchev–Trinajstić information content (AvgIpc) is 3.08. The van der Waals surface area contributed by atoms with Gasteiger partial charge in [0.15, 0.2) is 0 Å². The molecule has 0 unspecified atom stereocenters. The molecule has 3 aromatic rings. The molecule has 0 spiro atoms. The van der Waals surface area contributed by atoms with Crippen LogP contribution < -0.4 is 5.32 Å². The summed E-state index contributed by atoms with van der Waals surface area (Å²) in [7, 11) is 0. The van der Waals surface area contributed by atoms with Gasteiger partial charge in [-0.2, -0.15) is 0 Å². The highest BCUT2D eigenvalue weighted by Gasteiger charge is 2.10. The first-order chi connectivity index (χ1) is 13.1. The lowest BCUT2D eigenvalue weighted by Gasteiger charge is -2.06. The number of pyridine rings is 1. The van der Waals surface area contributed by atoms with Crippen LogP contribution in [0.15, 0.2) is 36.5 Å². The van der Waals surface area contributed by atoms with Crippen molar-refractivity contribution in [1.82, 2.24) is 10.3 Å². The Morgan fingerprint density at radius 2 is 2.11 bits per heavy atom. The quantitative estimate of drug-likeness (QED) is 0.431. The van der Waals surface area contributed by atoms with Crippen molar-refractivity contribution in [3.63, 3.8) is 0 Å². The summed E-state index contributed by atoms with van der Waals surface area (Å²) in [5.41, 5.74) is 1.76. The van der Waals surface area contributed by atoms with Crippen molar-refractivity contribution in [3.8, 4) is 11.8 Å². The van der Waals surface area contributed by atoms with Crippen molar-refractivity contribution in [2.24, 2.45) is 0 Å². The molecule has 0 aliphatic carbocycles. The Hall–Kier alpha value is -2.17. The molecule has 0 fully saturated rings. The van der Waals surface area contributed by atoms with Crippen LogP contribution in [-0.2, 0) is 17.8 Å². The molecule has 0 bridgehead atoms. The minimum atomic E-state index is -0.0954. The van der Waals surface area contributed by atoms with E-state index >= 15 is 0 Å². The monoisotopic (exact) mass is 416 g/mol. The van der Waals surface area contributed by atoms with Gasteiger partial charge in [-0.25, -0.2) is 0 Å². The summed E-state index contributed by atoms with van der Waals surface area (Å²) in [6.45, 7) is 0.489. The Morgan fingerprint density at radius 1 is 1.33 bits per heavy atom. The van der Waals surface area contributed by atoms with E-state index in [2.05, 4.69) is 22.1 Å². The lowest BCUT2D eigenvalue weighted by molar-refractivity contribution is -0.120. The Morgan fingerprint density at radius 3 is 2.85 bits per heavy atom. The highest BCUT2D eigenvalue weighted by Crippen LogP contribution is 2.25. The number of hydrogen-bond acceptors (Lipinski definition) is 4. The molecule has 1 amide bonds. The van der Waals surface area contributed by atoms with Gasteiger partial charge in [0.05, 0.1) is 22.4 Å². The zero-order valence-corrected chi connectivity index (χ0v) is 16.7. The Balaban J connectivity index is 1.70. The molecule has 27 heavy (non-hydrogen) atoms. The van der Waals surface area contributed by atoms with Gasteiger partial charge in [0.25, 0.3) is 0 Å². The third-order valence-electron chi connectivity index (χ3n) is 3.85. The van der Waals surface area contributed by atoms with Crippen molar-refractivity contribution in [1.29, 1.82) is 0 Å². The number of carbonyl (C=O) groups excluding carboxylic acids is 1. The summed E-state index contributed by atoms with van der Waals surface area (Å²) in [6, 6.07) is 9.28. The zero-order chi connectivity index (χ0) is 19.2. The van der Waals surface area contributed by atoms with Crippen LogP contribution in [0.25, 0.3) is 10.2 Å². The van der Waals surface area contributed by atoms with E-state index in [4.69, 9.17) is 28.9 Å². The maximum absolute atomic E-state index is 12.3. The second kappa shape index (κ2) is 9.16. The third-order valence-corrected chi connectivity index (χ3v) is 5.56. The number of hydrogen-bond donors (Lipinski definition) is 3. The third kappa shape index (κ3) is 5.18. The maximum atomic E-state index is 12.3. The number of rotatable bonds is 5. The van der Waals surface area contributed by atoms with Gasteiger partial charge in [-0.3, -0.25) is 4.79 Å². The summed E-state index contributed by atoms with van der Waals surface area (Å²) in [6.07, 6.45) is 2.44. The highest BCUT2D eigenvalue weighted by molar-refractivity contribution is 7.71.